The highest BCUT2D eigenvalue weighted by Crippen LogP contribution is 1.89. The van der Waals surface area contributed by atoms with Gasteiger partial charge in [-0.15, -0.1) is 0 Å². The summed E-state index contributed by atoms with van der Waals surface area (Å²) in [7, 11) is 0. The van der Waals surface area contributed by atoms with E-state index in [0.29, 0.717) is 13.1 Å². The topological polar surface area (TPSA) is 61.4 Å². The van der Waals surface area contributed by atoms with E-state index >= 15 is 0 Å². The highest BCUT2D eigenvalue weighted by Gasteiger charge is 2.17. The molecule has 2 atom stereocenters. The number of aldehydes is 1. The smallest absolute Gasteiger partial charge is 0.138 e. The molecule has 0 aromatic heterocycles. The fraction of sp³-hybridized carbons (Fsp3) is 0.833. The summed E-state index contributed by atoms with van der Waals surface area (Å²) >= 11 is 0. The van der Waals surface area contributed by atoms with E-state index < -0.39 is 0 Å². The molecule has 0 amide bonds. The fourth-order valence-electron chi connectivity index (χ4n) is 0.957. The van der Waals surface area contributed by atoms with Crippen molar-refractivity contribution in [2.45, 2.75) is 12.1 Å². The lowest BCUT2D eigenvalue weighted by Crippen LogP contribution is -2.56. The average molecular weight is 144 g/mol. The predicted octanol–water partition coefficient (Wildman–Crippen LogP) is -1.89. The second-order valence-corrected chi connectivity index (χ2v) is 2.44. The first kappa shape index (κ1) is 7.65. The number of aliphatic hydroxyl groups is 1. The van der Waals surface area contributed by atoms with Crippen LogP contribution in [0.25, 0.3) is 0 Å². The van der Waals surface area contributed by atoms with Gasteiger partial charge in [0.05, 0.1) is 12.6 Å². The molecule has 0 aliphatic carbocycles. The average Bonchev–Trinajstić information content (AvgIpc) is 2.05. The van der Waals surface area contributed by atoms with Crippen molar-refractivity contribution >= 4 is 6.29 Å². The molecule has 1 rings (SSSR count). The summed E-state index contributed by atoms with van der Waals surface area (Å²) in [6.45, 7) is 1.41. The van der Waals surface area contributed by atoms with Gasteiger partial charge in [-0.1, -0.05) is 0 Å². The zero-order valence-corrected chi connectivity index (χ0v) is 5.71. The van der Waals surface area contributed by atoms with Gasteiger partial charge < -0.3 is 20.5 Å². The number of carbonyl (C=O) groups is 1. The number of hydrogen-bond donors (Lipinski definition) is 3. The number of piperazine rings is 1. The number of carbonyl (C=O) groups excluding carboxylic acids is 1. The van der Waals surface area contributed by atoms with Gasteiger partial charge in [-0.25, -0.2) is 0 Å². The lowest BCUT2D eigenvalue weighted by molar-refractivity contribution is -0.109. The molecule has 0 aromatic rings. The SMILES string of the molecule is O=CC1CNC(CO)CN1. The van der Waals surface area contributed by atoms with E-state index in [9.17, 15) is 4.79 Å². The van der Waals surface area contributed by atoms with Gasteiger partial charge in [0.15, 0.2) is 0 Å². The number of aliphatic hydroxyl groups excluding tert-OH is 1. The van der Waals surface area contributed by atoms with Gasteiger partial charge in [0.1, 0.15) is 6.29 Å². The van der Waals surface area contributed by atoms with Crippen LogP contribution in [-0.2, 0) is 4.79 Å². The lowest BCUT2D eigenvalue weighted by Gasteiger charge is -2.26. The Hall–Kier alpha value is -0.450. The third-order valence-electron chi connectivity index (χ3n) is 1.64. The molecule has 1 aliphatic rings. The van der Waals surface area contributed by atoms with E-state index in [1.54, 1.807) is 0 Å². The molecule has 1 fully saturated rings. The Morgan fingerprint density at radius 2 is 2.30 bits per heavy atom. The van der Waals surface area contributed by atoms with E-state index in [0.717, 1.165) is 6.29 Å². The van der Waals surface area contributed by atoms with Crippen molar-refractivity contribution in [3.63, 3.8) is 0 Å². The van der Waals surface area contributed by atoms with Crippen LogP contribution in [0, 0.1) is 0 Å². The normalized spacial score (nSPS) is 33.7. The number of rotatable bonds is 2. The van der Waals surface area contributed by atoms with Crippen LogP contribution in [0.2, 0.25) is 0 Å². The Bertz CT molecular complexity index is 110. The van der Waals surface area contributed by atoms with Crippen molar-refractivity contribution < 1.29 is 9.90 Å². The van der Waals surface area contributed by atoms with Crippen molar-refractivity contribution in [1.82, 2.24) is 10.6 Å². The first-order valence-electron chi connectivity index (χ1n) is 3.39. The van der Waals surface area contributed by atoms with Crippen LogP contribution < -0.4 is 10.6 Å². The highest BCUT2D eigenvalue weighted by molar-refractivity contribution is 5.58. The summed E-state index contributed by atoms with van der Waals surface area (Å²) in [5.74, 6) is 0. The molecule has 1 aliphatic heterocycles. The van der Waals surface area contributed by atoms with Gasteiger partial charge in [0, 0.05) is 19.1 Å². The maximum Gasteiger partial charge on any atom is 0.138 e. The molecule has 1 heterocycles. The van der Waals surface area contributed by atoms with Gasteiger partial charge in [0.2, 0.25) is 0 Å². The molecular formula is C6H12N2O2. The summed E-state index contributed by atoms with van der Waals surface area (Å²) in [6.07, 6.45) is 0.876. The van der Waals surface area contributed by atoms with Crippen molar-refractivity contribution in [3.05, 3.63) is 0 Å². The quantitative estimate of drug-likeness (QED) is 0.396. The fourth-order valence-corrected chi connectivity index (χ4v) is 0.957. The Balaban J connectivity index is 2.23. The van der Waals surface area contributed by atoms with Gasteiger partial charge in [-0.3, -0.25) is 0 Å². The summed E-state index contributed by atoms with van der Waals surface area (Å²) < 4.78 is 0. The predicted molar refractivity (Wildman–Crippen MR) is 36.7 cm³/mol. The Labute approximate surface area is 59.6 Å². The molecule has 0 saturated carbocycles. The summed E-state index contributed by atoms with van der Waals surface area (Å²) in [4.78, 5) is 10.2. The van der Waals surface area contributed by atoms with Crippen LogP contribution in [-0.4, -0.2) is 43.2 Å². The third kappa shape index (κ3) is 1.76. The monoisotopic (exact) mass is 144 g/mol. The van der Waals surface area contributed by atoms with Gasteiger partial charge in [0.25, 0.3) is 0 Å². The Morgan fingerprint density at radius 3 is 2.70 bits per heavy atom. The molecule has 1 saturated heterocycles. The molecule has 0 aromatic carbocycles. The van der Waals surface area contributed by atoms with E-state index in [2.05, 4.69) is 10.6 Å². The molecule has 0 spiro atoms. The second kappa shape index (κ2) is 3.65. The minimum Gasteiger partial charge on any atom is -0.395 e. The lowest BCUT2D eigenvalue weighted by atomic mass is 10.2. The molecule has 0 bridgehead atoms. The molecule has 0 radical (unpaired) electrons. The van der Waals surface area contributed by atoms with Crippen LogP contribution >= 0.6 is 0 Å². The number of nitrogens with one attached hydrogen (secondary N) is 2. The van der Waals surface area contributed by atoms with E-state index in [-0.39, 0.29) is 18.7 Å². The summed E-state index contributed by atoms with van der Waals surface area (Å²) in [5.41, 5.74) is 0. The van der Waals surface area contributed by atoms with Crippen molar-refractivity contribution in [2.75, 3.05) is 19.7 Å². The second-order valence-electron chi connectivity index (χ2n) is 2.44. The molecule has 10 heavy (non-hydrogen) atoms. The van der Waals surface area contributed by atoms with Gasteiger partial charge in [-0.05, 0) is 0 Å². The van der Waals surface area contributed by atoms with E-state index in [1.165, 1.54) is 0 Å². The maximum atomic E-state index is 10.2. The first-order chi connectivity index (χ1) is 4.86. The number of hydrogen-bond acceptors (Lipinski definition) is 4. The Kier molecular flexibility index (Phi) is 2.80. The molecule has 3 N–H and O–H groups in total. The highest BCUT2D eigenvalue weighted by atomic mass is 16.3. The third-order valence-corrected chi connectivity index (χ3v) is 1.64. The molecule has 58 valence electrons. The largest absolute Gasteiger partial charge is 0.395 e. The zero-order chi connectivity index (χ0) is 7.40. The summed E-state index contributed by atoms with van der Waals surface area (Å²) in [6, 6.07) is 0.0269. The maximum absolute atomic E-state index is 10.2. The minimum absolute atomic E-state index is 0.0807. The van der Waals surface area contributed by atoms with Gasteiger partial charge >= 0.3 is 0 Å². The molecule has 4 nitrogen and oxygen atoms in total. The van der Waals surface area contributed by atoms with Crippen molar-refractivity contribution in [2.24, 2.45) is 0 Å². The van der Waals surface area contributed by atoms with E-state index in [4.69, 9.17) is 5.11 Å². The van der Waals surface area contributed by atoms with Crippen molar-refractivity contribution in [1.29, 1.82) is 0 Å². The first-order valence-corrected chi connectivity index (χ1v) is 3.39. The van der Waals surface area contributed by atoms with Gasteiger partial charge in [-0.2, -0.15) is 0 Å². The van der Waals surface area contributed by atoms with Crippen LogP contribution in [0.5, 0.6) is 0 Å². The standard InChI is InChI=1S/C6H12N2O2/c9-3-5-1-7-6(4-10)2-8-5/h3,5-8,10H,1-2,4H2. The minimum atomic E-state index is -0.0807. The van der Waals surface area contributed by atoms with Crippen LogP contribution in [0.1, 0.15) is 0 Å². The summed E-state index contributed by atoms with van der Waals surface area (Å²) in [5, 5.41) is 14.7. The Morgan fingerprint density at radius 1 is 1.50 bits per heavy atom. The molecule has 4 heteroatoms. The van der Waals surface area contributed by atoms with Crippen LogP contribution in [0.3, 0.4) is 0 Å². The van der Waals surface area contributed by atoms with E-state index in [1.807, 2.05) is 0 Å². The molecular weight excluding hydrogens is 132 g/mol. The van der Waals surface area contributed by atoms with Crippen molar-refractivity contribution in [3.8, 4) is 0 Å². The van der Waals surface area contributed by atoms with Crippen LogP contribution in [0.4, 0.5) is 0 Å². The zero-order valence-electron chi connectivity index (χ0n) is 5.71. The van der Waals surface area contributed by atoms with Crippen LogP contribution in [0.15, 0.2) is 0 Å². The molecule has 2 unspecified atom stereocenters.